The number of amides is 1. The van der Waals surface area contributed by atoms with E-state index in [0.29, 0.717) is 25.7 Å². The number of carbonyl (C=O) groups excluding carboxylic acids is 2. The van der Waals surface area contributed by atoms with Crippen LogP contribution in [-0.2, 0) is 27.8 Å². The van der Waals surface area contributed by atoms with E-state index in [4.69, 9.17) is 0 Å². The fourth-order valence-electron chi connectivity index (χ4n) is 4.46. The molecule has 2 aromatic rings. The van der Waals surface area contributed by atoms with Gasteiger partial charge in [-0.15, -0.1) is 0 Å². The number of fused-ring (bicyclic) bond motifs is 2. The summed E-state index contributed by atoms with van der Waals surface area (Å²) in [6.45, 7) is 2.14. The van der Waals surface area contributed by atoms with E-state index in [1.54, 1.807) is 0 Å². The predicted molar refractivity (Wildman–Crippen MR) is 98.8 cm³/mol. The molecule has 128 valence electrons. The van der Waals surface area contributed by atoms with Crippen molar-refractivity contribution >= 4 is 17.4 Å². The van der Waals surface area contributed by atoms with Crippen LogP contribution >= 0.6 is 0 Å². The van der Waals surface area contributed by atoms with Gasteiger partial charge in [0.25, 0.3) is 0 Å². The van der Waals surface area contributed by atoms with Gasteiger partial charge in [0.1, 0.15) is 5.78 Å². The molecule has 0 bridgehead atoms. The van der Waals surface area contributed by atoms with Gasteiger partial charge in [-0.2, -0.15) is 0 Å². The molecule has 1 fully saturated rings. The maximum atomic E-state index is 12.7. The third kappa shape index (κ3) is 2.68. The van der Waals surface area contributed by atoms with Crippen molar-refractivity contribution in [3.63, 3.8) is 0 Å². The molecule has 3 heteroatoms. The molecule has 4 rings (SSSR count). The molecule has 0 aromatic heterocycles. The first-order valence-corrected chi connectivity index (χ1v) is 9.10. The van der Waals surface area contributed by atoms with Gasteiger partial charge in [0.05, 0.1) is 5.41 Å². The van der Waals surface area contributed by atoms with Crippen LogP contribution in [0.5, 0.6) is 0 Å². The van der Waals surface area contributed by atoms with E-state index in [1.807, 2.05) is 12.1 Å². The fourth-order valence-corrected chi connectivity index (χ4v) is 4.46. The van der Waals surface area contributed by atoms with Crippen LogP contribution in [-0.4, -0.2) is 11.7 Å². The Morgan fingerprint density at radius 1 is 0.960 bits per heavy atom. The van der Waals surface area contributed by atoms with Gasteiger partial charge in [0.2, 0.25) is 5.91 Å². The lowest BCUT2D eigenvalue weighted by Gasteiger charge is -2.32. The summed E-state index contributed by atoms with van der Waals surface area (Å²) in [6.07, 6.45) is 4.28. The monoisotopic (exact) mass is 333 g/mol. The van der Waals surface area contributed by atoms with Crippen LogP contribution in [0.1, 0.15) is 47.9 Å². The Morgan fingerprint density at radius 2 is 1.68 bits per heavy atom. The van der Waals surface area contributed by atoms with Crippen molar-refractivity contribution < 1.29 is 9.59 Å². The summed E-state index contributed by atoms with van der Waals surface area (Å²) < 4.78 is 0. The summed E-state index contributed by atoms with van der Waals surface area (Å²) in [6, 6.07) is 14.7. The van der Waals surface area contributed by atoms with Crippen LogP contribution < -0.4 is 5.32 Å². The second-order valence-corrected chi connectivity index (χ2v) is 7.33. The summed E-state index contributed by atoms with van der Waals surface area (Å²) in [4.78, 5) is 24.4. The van der Waals surface area contributed by atoms with E-state index >= 15 is 0 Å². The average molecular weight is 333 g/mol. The fraction of sp³-hybridized carbons (Fsp3) is 0.364. The van der Waals surface area contributed by atoms with E-state index in [2.05, 4.69) is 42.6 Å². The number of nitrogens with one attached hydrogen (secondary N) is 1. The smallest absolute Gasteiger partial charge is 0.235 e. The van der Waals surface area contributed by atoms with Crippen LogP contribution in [0, 0.1) is 6.92 Å². The third-order valence-corrected chi connectivity index (χ3v) is 5.93. The van der Waals surface area contributed by atoms with Gasteiger partial charge in [-0.3, -0.25) is 9.59 Å². The summed E-state index contributed by atoms with van der Waals surface area (Å²) in [5.41, 5.74) is 5.46. The van der Waals surface area contributed by atoms with E-state index < -0.39 is 5.41 Å². The first kappa shape index (κ1) is 16.1. The Balaban J connectivity index is 1.66. The minimum atomic E-state index is -0.490. The van der Waals surface area contributed by atoms with Gasteiger partial charge in [-0.25, -0.2) is 0 Å². The SMILES string of the molecule is Cc1c(CCc2ccccc2)ccc2c1C1(CCC(=O)CC1)C(=O)N2. The van der Waals surface area contributed by atoms with Crippen molar-refractivity contribution in [2.75, 3.05) is 5.32 Å². The molecule has 25 heavy (non-hydrogen) atoms. The highest BCUT2D eigenvalue weighted by Crippen LogP contribution is 2.48. The molecule has 1 saturated carbocycles. The number of Topliss-reactive ketones (excluding diaryl/α,β-unsaturated/α-hetero) is 1. The molecule has 1 heterocycles. The average Bonchev–Trinajstić information content (AvgIpc) is 2.90. The van der Waals surface area contributed by atoms with Crippen LogP contribution in [0.3, 0.4) is 0 Å². The molecule has 2 aromatic carbocycles. The molecule has 1 aliphatic heterocycles. The molecule has 1 aliphatic carbocycles. The lowest BCUT2D eigenvalue weighted by atomic mass is 9.68. The first-order chi connectivity index (χ1) is 12.1. The van der Waals surface area contributed by atoms with Gasteiger partial charge in [0, 0.05) is 18.5 Å². The zero-order valence-electron chi connectivity index (χ0n) is 14.6. The molecule has 1 N–H and O–H groups in total. The lowest BCUT2D eigenvalue weighted by molar-refractivity contribution is -0.126. The van der Waals surface area contributed by atoms with Gasteiger partial charge in [-0.05, 0) is 60.9 Å². The molecular formula is C22H23NO2. The van der Waals surface area contributed by atoms with Crippen LogP contribution in [0.4, 0.5) is 5.69 Å². The summed E-state index contributed by atoms with van der Waals surface area (Å²) >= 11 is 0. The van der Waals surface area contributed by atoms with Crippen LogP contribution in [0.25, 0.3) is 0 Å². The Bertz CT molecular complexity index is 829. The van der Waals surface area contributed by atoms with Crippen molar-refractivity contribution in [1.29, 1.82) is 0 Å². The van der Waals surface area contributed by atoms with Crippen molar-refractivity contribution in [2.45, 2.75) is 50.9 Å². The number of ketones is 1. The van der Waals surface area contributed by atoms with Crippen molar-refractivity contribution in [3.8, 4) is 0 Å². The Morgan fingerprint density at radius 3 is 2.40 bits per heavy atom. The van der Waals surface area contributed by atoms with Crippen LogP contribution in [0.2, 0.25) is 0 Å². The topological polar surface area (TPSA) is 46.2 Å². The van der Waals surface area contributed by atoms with Crippen LogP contribution in [0.15, 0.2) is 42.5 Å². The van der Waals surface area contributed by atoms with E-state index in [0.717, 1.165) is 24.1 Å². The highest BCUT2D eigenvalue weighted by molar-refractivity contribution is 6.07. The van der Waals surface area contributed by atoms with E-state index in [9.17, 15) is 9.59 Å². The molecular weight excluding hydrogens is 310 g/mol. The molecule has 1 spiro atoms. The molecule has 2 aliphatic rings. The first-order valence-electron chi connectivity index (χ1n) is 9.10. The Labute approximate surface area is 148 Å². The number of rotatable bonds is 3. The van der Waals surface area contributed by atoms with Crippen molar-refractivity contribution in [1.82, 2.24) is 0 Å². The Kier molecular flexibility index (Phi) is 3.95. The number of carbonyl (C=O) groups is 2. The van der Waals surface area contributed by atoms with Crippen molar-refractivity contribution in [3.05, 3.63) is 64.7 Å². The number of benzene rings is 2. The maximum Gasteiger partial charge on any atom is 0.235 e. The van der Waals surface area contributed by atoms with Gasteiger partial charge >= 0.3 is 0 Å². The van der Waals surface area contributed by atoms with E-state index in [-0.39, 0.29) is 11.7 Å². The summed E-state index contributed by atoms with van der Waals surface area (Å²) in [7, 11) is 0. The number of aryl methyl sites for hydroxylation is 2. The highest BCUT2D eigenvalue weighted by Gasteiger charge is 2.49. The number of anilines is 1. The summed E-state index contributed by atoms with van der Waals surface area (Å²) in [5, 5.41) is 3.06. The lowest BCUT2D eigenvalue weighted by Crippen LogP contribution is -2.39. The number of hydrogen-bond acceptors (Lipinski definition) is 2. The predicted octanol–water partition coefficient (Wildman–Crippen LogP) is 4.11. The zero-order chi connectivity index (χ0) is 17.4. The van der Waals surface area contributed by atoms with E-state index in [1.165, 1.54) is 16.7 Å². The zero-order valence-corrected chi connectivity index (χ0v) is 14.6. The molecule has 0 radical (unpaired) electrons. The third-order valence-electron chi connectivity index (χ3n) is 5.93. The largest absolute Gasteiger partial charge is 0.325 e. The highest BCUT2D eigenvalue weighted by atomic mass is 16.2. The van der Waals surface area contributed by atoms with Crippen molar-refractivity contribution in [2.24, 2.45) is 0 Å². The minimum absolute atomic E-state index is 0.0818. The molecule has 0 unspecified atom stereocenters. The standard InChI is InChI=1S/C22H23NO2/c1-15-17(8-7-16-5-3-2-4-6-16)9-10-19-20(15)22(21(25)23-19)13-11-18(24)12-14-22/h2-6,9-10H,7-8,11-14H2,1H3,(H,23,25). The Hall–Kier alpha value is -2.42. The quantitative estimate of drug-likeness (QED) is 0.918. The maximum absolute atomic E-state index is 12.7. The minimum Gasteiger partial charge on any atom is -0.325 e. The second kappa shape index (κ2) is 6.14. The normalized spacial score (nSPS) is 18.3. The summed E-state index contributed by atoms with van der Waals surface area (Å²) in [5.74, 6) is 0.364. The van der Waals surface area contributed by atoms with Gasteiger partial charge in [-0.1, -0.05) is 36.4 Å². The molecule has 1 amide bonds. The number of hydrogen-bond donors (Lipinski definition) is 1. The van der Waals surface area contributed by atoms with Gasteiger partial charge in [0.15, 0.2) is 0 Å². The van der Waals surface area contributed by atoms with Gasteiger partial charge < -0.3 is 5.32 Å². The molecule has 0 atom stereocenters. The molecule has 3 nitrogen and oxygen atoms in total. The second-order valence-electron chi connectivity index (χ2n) is 7.33. The molecule has 0 saturated heterocycles.